The molecule has 15 heavy (non-hydrogen) atoms. The van der Waals surface area contributed by atoms with Crippen molar-refractivity contribution < 1.29 is 8.42 Å². The first-order valence-corrected chi connectivity index (χ1v) is 7.01. The molecule has 0 bridgehead atoms. The quantitative estimate of drug-likeness (QED) is 0.813. The first-order valence-electron chi connectivity index (χ1n) is 5.16. The van der Waals surface area contributed by atoms with Crippen molar-refractivity contribution in [1.29, 1.82) is 0 Å². The molecule has 0 amide bonds. The van der Waals surface area contributed by atoms with Gasteiger partial charge in [0.2, 0.25) is 10.0 Å². The van der Waals surface area contributed by atoms with E-state index in [4.69, 9.17) is 0 Å². The van der Waals surface area contributed by atoms with Crippen LogP contribution >= 0.6 is 0 Å². The second kappa shape index (κ2) is 3.98. The minimum Gasteiger partial charge on any atom is -0.316 e. The summed E-state index contributed by atoms with van der Waals surface area (Å²) in [7, 11) is -3.12. The van der Waals surface area contributed by atoms with Crippen LogP contribution in [0.4, 0.5) is 0 Å². The fourth-order valence-electron chi connectivity index (χ4n) is 1.98. The van der Waals surface area contributed by atoms with Gasteiger partial charge in [0.05, 0.1) is 6.26 Å². The lowest BCUT2D eigenvalue weighted by Gasteiger charge is -2.21. The Bertz CT molecular complexity index is 430. The lowest BCUT2D eigenvalue weighted by atomic mass is 9.94. The Morgan fingerprint density at radius 1 is 1.53 bits per heavy atom. The van der Waals surface area contributed by atoms with E-state index in [1.54, 1.807) is 12.4 Å². The van der Waals surface area contributed by atoms with Gasteiger partial charge in [-0.3, -0.25) is 3.97 Å². The maximum absolute atomic E-state index is 11.3. The van der Waals surface area contributed by atoms with Crippen molar-refractivity contribution >= 4 is 10.0 Å². The van der Waals surface area contributed by atoms with Crippen LogP contribution in [0.3, 0.4) is 0 Å². The molecule has 0 aromatic carbocycles. The Hall–Kier alpha value is -0.810. The van der Waals surface area contributed by atoms with Crippen molar-refractivity contribution in [3.05, 3.63) is 24.0 Å². The molecule has 0 radical (unpaired) electrons. The van der Waals surface area contributed by atoms with E-state index in [-0.39, 0.29) is 0 Å². The topological polar surface area (TPSA) is 51.1 Å². The van der Waals surface area contributed by atoms with Gasteiger partial charge in [-0.05, 0) is 36.9 Å². The first kappa shape index (κ1) is 10.7. The van der Waals surface area contributed by atoms with Crippen LogP contribution in [0, 0.1) is 0 Å². The van der Waals surface area contributed by atoms with Crippen molar-refractivity contribution in [2.24, 2.45) is 0 Å². The summed E-state index contributed by atoms with van der Waals surface area (Å²) < 4.78 is 23.8. The van der Waals surface area contributed by atoms with Gasteiger partial charge in [-0.1, -0.05) is 0 Å². The molecule has 2 heterocycles. The van der Waals surface area contributed by atoms with Crippen molar-refractivity contribution in [2.75, 3.05) is 19.3 Å². The summed E-state index contributed by atoms with van der Waals surface area (Å²) in [5.74, 6) is 0.460. The van der Waals surface area contributed by atoms with Gasteiger partial charge < -0.3 is 5.32 Å². The first-order chi connectivity index (χ1) is 7.07. The van der Waals surface area contributed by atoms with Crippen molar-refractivity contribution in [3.63, 3.8) is 0 Å². The zero-order valence-electron chi connectivity index (χ0n) is 8.81. The van der Waals surface area contributed by atoms with Crippen LogP contribution in [-0.2, 0) is 10.0 Å². The second-order valence-electron chi connectivity index (χ2n) is 4.08. The average molecular weight is 228 g/mol. The van der Waals surface area contributed by atoms with Gasteiger partial charge in [-0.15, -0.1) is 0 Å². The van der Waals surface area contributed by atoms with Gasteiger partial charge in [-0.25, -0.2) is 8.42 Å². The summed E-state index contributed by atoms with van der Waals surface area (Å²) in [5.41, 5.74) is 1.12. The number of nitrogens with zero attached hydrogens (tertiary/aromatic N) is 1. The third-order valence-electron chi connectivity index (χ3n) is 2.84. The summed E-state index contributed by atoms with van der Waals surface area (Å²) in [4.78, 5) is 0. The molecule has 1 N–H and O–H groups in total. The van der Waals surface area contributed by atoms with Gasteiger partial charge in [-0.2, -0.15) is 0 Å². The normalized spacial score (nSPS) is 22.9. The third kappa shape index (κ3) is 2.41. The molecular weight excluding hydrogens is 212 g/mol. The zero-order chi connectivity index (χ0) is 10.9. The summed E-state index contributed by atoms with van der Waals surface area (Å²) in [5, 5.41) is 3.32. The molecule has 1 aliphatic heterocycles. The largest absolute Gasteiger partial charge is 0.316 e. The smallest absolute Gasteiger partial charge is 0.235 e. The molecule has 1 fully saturated rings. The van der Waals surface area contributed by atoms with E-state index >= 15 is 0 Å². The number of nitrogens with one attached hydrogen (secondary N) is 1. The highest BCUT2D eigenvalue weighted by Gasteiger charge is 2.17. The van der Waals surface area contributed by atoms with Crippen LogP contribution in [0.15, 0.2) is 18.5 Å². The standard InChI is InChI=1S/C10H16N2O2S/c1-15(13,14)12-6-4-10(8-12)9-3-2-5-11-7-9/h4,6,8-9,11H,2-3,5,7H2,1H3. The number of piperidine rings is 1. The molecular formula is C10H16N2O2S. The number of rotatable bonds is 2. The maximum Gasteiger partial charge on any atom is 0.235 e. The monoisotopic (exact) mass is 228 g/mol. The molecule has 1 aromatic heterocycles. The van der Waals surface area contributed by atoms with E-state index in [1.165, 1.54) is 10.2 Å². The summed E-state index contributed by atoms with van der Waals surface area (Å²) in [6.45, 7) is 2.02. The second-order valence-corrected chi connectivity index (χ2v) is 5.97. The predicted octanol–water partition coefficient (Wildman–Crippen LogP) is 0.763. The van der Waals surface area contributed by atoms with E-state index in [9.17, 15) is 8.42 Å². The van der Waals surface area contributed by atoms with E-state index in [1.807, 2.05) is 6.07 Å². The Morgan fingerprint density at radius 3 is 2.87 bits per heavy atom. The summed E-state index contributed by atoms with van der Waals surface area (Å²) in [6, 6.07) is 1.90. The maximum atomic E-state index is 11.3. The molecule has 1 atom stereocenters. The van der Waals surface area contributed by atoms with Gasteiger partial charge >= 0.3 is 0 Å². The van der Waals surface area contributed by atoms with E-state index < -0.39 is 10.0 Å². The highest BCUT2D eigenvalue weighted by molar-refractivity contribution is 7.89. The van der Waals surface area contributed by atoms with Crippen LogP contribution in [0.5, 0.6) is 0 Å². The highest BCUT2D eigenvalue weighted by atomic mass is 32.2. The Morgan fingerprint density at radius 2 is 2.33 bits per heavy atom. The van der Waals surface area contributed by atoms with Crippen LogP contribution in [-0.4, -0.2) is 31.7 Å². The van der Waals surface area contributed by atoms with E-state index in [0.29, 0.717) is 5.92 Å². The highest BCUT2D eigenvalue weighted by Crippen LogP contribution is 2.23. The van der Waals surface area contributed by atoms with Crippen LogP contribution < -0.4 is 5.32 Å². The van der Waals surface area contributed by atoms with Crippen molar-refractivity contribution in [2.45, 2.75) is 18.8 Å². The predicted molar refractivity (Wildman–Crippen MR) is 59.5 cm³/mol. The van der Waals surface area contributed by atoms with Crippen molar-refractivity contribution in [3.8, 4) is 0 Å². The fraction of sp³-hybridized carbons (Fsp3) is 0.600. The minimum absolute atomic E-state index is 0.460. The molecule has 84 valence electrons. The van der Waals surface area contributed by atoms with Crippen LogP contribution in [0.25, 0.3) is 0 Å². The van der Waals surface area contributed by atoms with Gasteiger partial charge in [0.25, 0.3) is 0 Å². The molecule has 1 aliphatic rings. The average Bonchev–Trinajstić information content (AvgIpc) is 2.67. The Labute approximate surface area is 90.3 Å². The van der Waals surface area contributed by atoms with Gasteiger partial charge in [0, 0.05) is 18.9 Å². The number of aromatic nitrogens is 1. The molecule has 0 aliphatic carbocycles. The third-order valence-corrected chi connectivity index (χ3v) is 3.83. The Balaban J connectivity index is 2.19. The van der Waals surface area contributed by atoms with Crippen LogP contribution in [0.2, 0.25) is 0 Å². The zero-order valence-corrected chi connectivity index (χ0v) is 9.63. The lowest BCUT2D eigenvalue weighted by Crippen LogP contribution is -2.28. The minimum atomic E-state index is -3.12. The Kier molecular flexibility index (Phi) is 2.84. The molecule has 1 unspecified atom stereocenters. The lowest BCUT2D eigenvalue weighted by molar-refractivity contribution is 0.462. The molecule has 0 spiro atoms. The molecule has 5 heteroatoms. The fourth-order valence-corrected chi connectivity index (χ4v) is 2.57. The van der Waals surface area contributed by atoms with Crippen LogP contribution in [0.1, 0.15) is 24.3 Å². The van der Waals surface area contributed by atoms with Crippen molar-refractivity contribution in [1.82, 2.24) is 9.29 Å². The summed E-state index contributed by atoms with van der Waals surface area (Å²) >= 11 is 0. The van der Waals surface area contributed by atoms with E-state index in [2.05, 4.69) is 5.32 Å². The molecule has 1 aromatic rings. The summed E-state index contributed by atoms with van der Waals surface area (Å²) in [6.07, 6.45) is 6.87. The van der Waals surface area contributed by atoms with Gasteiger partial charge in [0.15, 0.2) is 0 Å². The van der Waals surface area contributed by atoms with Gasteiger partial charge in [0.1, 0.15) is 0 Å². The molecule has 1 saturated heterocycles. The SMILES string of the molecule is CS(=O)(=O)n1ccc(C2CCCNC2)c1. The van der Waals surface area contributed by atoms with E-state index in [0.717, 1.165) is 31.5 Å². The molecule has 0 saturated carbocycles. The molecule has 2 rings (SSSR count). The number of hydrogen-bond acceptors (Lipinski definition) is 3. The number of hydrogen-bond donors (Lipinski definition) is 1. The molecule has 4 nitrogen and oxygen atoms in total.